The van der Waals surface area contributed by atoms with Crippen LogP contribution in [0.5, 0.6) is 0 Å². The van der Waals surface area contributed by atoms with E-state index in [1.165, 1.54) is 0 Å². The monoisotopic (exact) mass is 358 g/mol. The van der Waals surface area contributed by atoms with E-state index in [1.807, 2.05) is 30.3 Å². The standard InChI is InChI=1S/C17H15BrN2O2/c1-11(21)20-8-7-12-10-15(5-6-16(12)20)19-17(22)13-3-2-4-14(18)9-13/h2-6,9-10H,7-8H2,1H3,(H,19,22). The molecule has 3 rings (SSSR count). The van der Waals surface area contributed by atoms with E-state index in [9.17, 15) is 9.59 Å². The number of anilines is 2. The number of halogens is 1. The summed E-state index contributed by atoms with van der Waals surface area (Å²) >= 11 is 3.36. The van der Waals surface area contributed by atoms with Crippen molar-refractivity contribution >= 4 is 39.1 Å². The van der Waals surface area contributed by atoms with Gasteiger partial charge in [0, 0.05) is 34.9 Å². The first kappa shape index (κ1) is 14.8. The van der Waals surface area contributed by atoms with Crippen molar-refractivity contribution < 1.29 is 9.59 Å². The number of carbonyl (C=O) groups is 2. The van der Waals surface area contributed by atoms with Crippen molar-refractivity contribution in [3.63, 3.8) is 0 Å². The van der Waals surface area contributed by atoms with Crippen molar-refractivity contribution in [2.24, 2.45) is 0 Å². The molecule has 22 heavy (non-hydrogen) atoms. The smallest absolute Gasteiger partial charge is 0.255 e. The maximum absolute atomic E-state index is 12.2. The fourth-order valence-corrected chi connectivity index (χ4v) is 3.04. The van der Waals surface area contributed by atoms with Gasteiger partial charge in [0.15, 0.2) is 0 Å². The van der Waals surface area contributed by atoms with E-state index in [-0.39, 0.29) is 11.8 Å². The lowest BCUT2D eigenvalue weighted by atomic mass is 10.1. The Bertz CT molecular complexity index is 758. The summed E-state index contributed by atoms with van der Waals surface area (Å²) in [6.07, 6.45) is 0.815. The van der Waals surface area contributed by atoms with Gasteiger partial charge in [-0.05, 0) is 48.4 Å². The molecule has 112 valence electrons. The molecule has 5 heteroatoms. The number of carbonyl (C=O) groups excluding carboxylic acids is 2. The first-order valence-corrected chi connectivity index (χ1v) is 7.82. The minimum Gasteiger partial charge on any atom is -0.322 e. The maximum atomic E-state index is 12.2. The van der Waals surface area contributed by atoms with E-state index in [0.717, 1.165) is 27.8 Å². The third kappa shape index (κ3) is 2.90. The van der Waals surface area contributed by atoms with Crippen molar-refractivity contribution in [1.82, 2.24) is 0 Å². The second kappa shape index (κ2) is 5.93. The molecule has 0 aromatic heterocycles. The highest BCUT2D eigenvalue weighted by Crippen LogP contribution is 2.30. The Morgan fingerprint density at radius 3 is 2.73 bits per heavy atom. The van der Waals surface area contributed by atoms with Gasteiger partial charge in [0.2, 0.25) is 5.91 Å². The Balaban J connectivity index is 1.80. The molecular weight excluding hydrogens is 344 g/mol. The minimum absolute atomic E-state index is 0.0460. The molecular formula is C17H15BrN2O2. The molecule has 1 heterocycles. The molecule has 0 spiro atoms. The predicted octanol–water partition coefficient (Wildman–Crippen LogP) is 3.61. The van der Waals surface area contributed by atoms with Gasteiger partial charge in [0.1, 0.15) is 0 Å². The molecule has 2 aromatic rings. The third-order valence-electron chi connectivity index (χ3n) is 3.70. The van der Waals surface area contributed by atoms with Gasteiger partial charge >= 0.3 is 0 Å². The van der Waals surface area contributed by atoms with Crippen LogP contribution in [0.15, 0.2) is 46.9 Å². The molecule has 0 aliphatic carbocycles. The summed E-state index contributed by atoms with van der Waals surface area (Å²) in [7, 11) is 0. The Labute approximate surface area is 137 Å². The topological polar surface area (TPSA) is 49.4 Å². The molecule has 0 saturated heterocycles. The van der Waals surface area contributed by atoms with Crippen LogP contribution < -0.4 is 10.2 Å². The van der Waals surface area contributed by atoms with Gasteiger partial charge in [-0.2, -0.15) is 0 Å². The van der Waals surface area contributed by atoms with Crippen LogP contribution >= 0.6 is 15.9 Å². The highest BCUT2D eigenvalue weighted by atomic mass is 79.9. The van der Waals surface area contributed by atoms with E-state index in [1.54, 1.807) is 24.0 Å². The van der Waals surface area contributed by atoms with Crippen LogP contribution in [0, 0.1) is 0 Å². The Kier molecular flexibility index (Phi) is 3.98. The van der Waals surface area contributed by atoms with Gasteiger partial charge in [-0.25, -0.2) is 0 Å². The molecule has 1 aliphatic heterocycles. The summed E-state index contributed by atoms with van der Waals surface area (Å²) in [6, 6.07) is 12.9. The third-order valence-corrected chi connectivity index (χ3v) is 4.19. The average Bonchev–Trinajstić information content (AvgIpc) is 2.90. The quantitative estimate of drug-likeness (QED) is 0.891. The summed E-state index contributed by atoms with van der Waals surface area (Å²) in [5.74, 6) is -0.104. The molecule has 4 nitrogen and oxygen atoms in total. The average molecular weight is 359 g/mol. The molecule has 0 unspecified atom stereocenters. The number of nitrogens with one attached hydrogen (secondary N) is 1. The number of rotatable bonds is 2. The first-order chi connectivity index (χ1) is 10.5. The number of nitrogens with zero attached hydrogens (tertiary/aromatic N) is 1. The summed E-state index contributed by atoms with van der Waals surface area (Å²) in [6.45, 7) is 2.27. The van der Waals surface area contributed by atoms with Crippen LogP contribution in [0.3, 0.4) is 0 Å². The zero-order chi connectivity index (χ0) is 15.7. The minimum atomic E-state index is -0.150. The molecule has 0 atom stereocenters. The van der Waals surface area contributed by atoms with Crippen LogP contribution in [0.1, 0.15) is 22.8 Å². The van der Waals surface area contributed by atoms with Gasteiger partial charge in [-0.15, -0.1) is 0 Å². The van der Waals surface area contributed by atoms with Crippen molar-refractivity contribution in [2.45, 2.75) is 13.3 Å². The fraction of sp³-hybridized carbons (Fsp3) is 0.176. The Morgan fingerprint density at radius 1 is 1.18 bits per heavy atom. The SMILES string of the molecule is CC(=O)N1CCc2cc(NC(=O)c3cccc(Br)c3)ccc21. The van der Waals surface area contributed by atoms with Gasteiger partial charge in [0.25, 0.3) is 5.91 Å². The molecule has 0 saturated carbocycles. The Morgan fingerprint density at radius 2 is 2.00 bits per heavy atom. The molecule has 0 fully saturated rings. The Hall–Kier alpha value is -2.14. The van der Waals surface area contributed by atoms with Crippen LogP contribution in [-0.4, -0.2) is 18.4 Å². The zero-order valence-corrected chi connectivity index (χ0v) is 13.7. The molecule has 0 radical (unpaired) electrons. The number of hydrogen-bond donors (Lipinski definition) is 1. The summed E-state index contributed by atoms with van der Waals surface area (Å²) < 4.78 is 0.867. The predicted molar refractivity (Wildman–Crippen MR) is 90.3 cm³/mol. The second-order valence-corrected chi connectivity index (χ2v) is 6.14. The van der Waals surface area contributed by atoms with E-state index in [4.69, 9.17) is 0 Å². The van der Waals surface area contributed by atoms with Crippen molar-refractivity contribution in [1.29, 1.82) is 0 Å². The van der Waals surface area contributed by atoms with Crippen LogP contribution in [0.2, 0.25) is 0 Å². The highest BCUT2D eigenvalue weighted by molar-refractivity contribution is 9.10. The van der Waals surface area contributed by atoms with Gasteiger partial charge in [-0.1, -0.05) is 22.0 Å². The second-order valence-electron chi connectivity index (χ2n) is 5.23. The molecule has 1 N–H and O–H groups in total. The largest absolute Gasteiger partial charge is 0.322 e. The highest BCUT2D eigenvalue weighted by Gasteiger charge is 2.22. The normalized spacial score (nSPS) is 12.9. The van der Waals surface area contributed by atoms with Gasteiger partial charge in [-0.3, -0.25) is 9.59 Å². The molecule has 0 bridgehead atoms. The lowest BCUT2D eigenvalue weighted by Crippen LogP contribution is -2.25. The van der Waals surface area contributed by atoms with Crippen LogP contribution in [-0.2, 0) is 11.2 Å². The maximum Gasteiger partial charge on any atom is 0.255 e. The van der Waals surface area contributed by atoms with E-state index >= 15 is 0 Å². The van der Waals surface area contributed by atoms with E-state index < -0.39 is 0 Å². The van der Waals surface area contributed by atoms with Gasteiger partial charge < -0.3 is 10.2 Å². The van der Waals surface area contributed by atoms with E-state index in [2.05, 4.69) is 21.2 Å². The molecule has 2 amide bonds. The van der Waals surface area contributed by atoms with Crippen LogP contribution in [0.4, 0.5) is 11.4 Å². The van der Waals surface area contributed by atoms with Crippen molar-refractivity contribution in [3.8, 4) is 0 Å². The van der Waals surface area contributed by atoms with Crippen LogP contribution in [0.25, 0.3) is 0 Å². The lowest BCUT2D eigenvalue weighted by molar-refractivity contribution is -0.116. The summed E-state index contributed by atoms with van der Waals surface area (Å²) in [5, 5.41) is 2.90. The summed E-state index contributed by atoms with van der Waals surface area (Å²) in [4.78, 5) is 25.5. The number of amides is 2. The molecule has 1 aliphatic rings. The number of fused-ring (bicyclic) bond motifs is 1. The van der Waals surface area contributed by atoms with Gasteiger partial charge in [0.05, 0.1) is 0 Å². The first-order valence-electron chi connectivity index (χ1n) is 7.02. The van der Waals surface area contributed by atoms with E-state index in [0.29, 0.717) is 12.1 Å². The number of benzene rings is 2. The van der Waals surface area contributed by atoms with Crippen molar-refractivity contribution in [2.75, 3.05) is 16.8 Å². The molecule has 2 aromatic carbocycles. The summed E-state index contributed by atoms with van der Waals surface area (Å²) in [5.41, 5.74) is 3.37. The lowest BCUT2D eigenvalue weighted by Gasteiger charge is -2.15. The van der Waals surface area contributed by atoms with Crippen molar-refractivity contribution in [3.05, 3.63) is 58.1 Å². The number of hydrogen-bond acceptors (Lipinski definition) is 2. The zero-order valence-electron chi connectivity index (χ0n) is 12.1. The fourth-order valence-electron chi connectivity index (χ4n) is 2.64.